The van der Waals surface area contributed by atoms with Crippen LogP contribution in [-0.2, 0) is 4.74 Å². The van der Waals surface area contributed by atoms with Crippen molar-refractivity contribution >= 4 is 44.2 Å². The van der Waals surface area contributed by atoms with Crippen LogP contribution in [0.1, 0.15) is 32.1 Å². The Kier molecular flexibility index (Phi) is 4.92. The summed E-state index contributed by atoms with van der Waals surface area (Å²) in [5.41, 5.74) is 2.79. The molecular weight excluding hydrogens is 394 g/mol. The molecule has 9 nitrogen and oxygen atoms in total. The van der Waals surface area contributed by atoms with Crippen molar-refractivity contribution < 1.29 is 19.4 Å². The van der Waals surface area contributed by atoms with E-state index in [0.29, 0.717) is 58.6 Å². The number of aromatic amines is 1. The van der Waals surface area contributed by atoms with Gasteiger partial charge in [-0.2, -0.15) is 5.26 Å². The van der Waals surface area contributed by atoms with Crippen molar-refractivity contribution in [1.29, 1.82) is 5.26 Å². The number of nitrogens with one attached hydrogen (secondary N) is 2. The van der Waals surface area contributed by atoms with Crippen LogP contribution in [0.15, 0.2) is 18.2 Å². The summed E-state index contributed by atoms with van der Waals surface area (Å²) in [6, 6.07) is 6.67. The molecule has 1 aliphatic rings. The second-order valence-corrected chi connectivity index (χ2v) is 7.58. The number of ether oxygens (including phenoxy) is 1. The number of nitrogens with zero attached hydrogens (tertiary/aromatic N) is 3. The molecule has 4 rings (SSSR count). The zero-order chi connectivity index (χ0) is 20.5. The van der Waals surface area contributed by atoms with E-state index in [1.807, 2.05) is 11.0 Å². The maximum Gasteiger partial charge on any atom is 0.335 e. The van der Waals surface area contributed by atoms with E-state index in [9.17, 15) is 14.7 Å². The first-order valence-corrected chi connectivity index (χ1v) is 9.69. The Hall–Kier alpha value is -3.42. The molecule has 1 aromatic carbocycles. The van der Waals surface area contributed by atoms with Gasteiger partial charge in [-0.15, -0.1) is 0 Å². The summed E-state index contributed by atoms with van der Waals surface area (Å²) in [5.74, 6) is -1.44. The minimum absolute atomic E-state index is 0.166. The van der Waals surface area contributed by atoms with Gasteiger partial charge in [0.05, 0.1) is 34.7 Å². The molecule has 1 amide bonds. The maximum absolute atomic E-state index is 12.5. The minimum atomic E-state index is -1.02. The lowest BCUT2D eigenvalue weighted by Gasteiger charge is -2.29. The Labute approximate surface area is 169 Å². The quantitative estimate of drug-likeness (QED) is 0.601. The standard InChI is InChI=1S/C19H17N5O4S/c1-10-12(9-20)6-13(21-10)17(25)23-19-22-16-14(24-2-4-28-5-3-24)7-11(18(26)27)8-15(16)29-19/h6-8,21H,2-5H2,1H3,(H,26,27)(H,22,23,25). The molecule has 1 aliphatic heterocycles. The largest absolute Gasteiger partial charge is 0.478 e. The van der Waals surface area contributed by atoms with Gasteiger partial charge in [0, 0.05) is 18.8 Å². The number of aryl methyl sites for hydroxylation is 1. The number of carbonyl (C=O) groups excluding carboxylic acids is 1. The highest BCUT2D eigenvalue weighted by Gasteiger charge is 2.21. The second kappa shape index (κ2) is 7.54. The fourth-order valence-corrected chi connectivity index (χ4v) is 4.12. The van der Waals surface area contributed by atoms with Crippen LogP contribution in [0, 0.1) is 18.3 Å². The van der Waals surface area contributed by atoms with Gasteiger partial charge in [0.15, 0.2) is 5.13 Å². The van der Waals surface area contributed by atoms with E-state index < -0.39 is 11.9 Å². The predicted molar refractivity (Wildman–Crippen MR) is 108 cm³/mol. The third-order valence-electron chi connectivity index (χ3n) is 4.67. The fraction of sp³-hybridized carbons (Fsp3) is 0.263. The first-order valence-electron chi connectivity index (χ1n) is 8.88. The SMILES string of the molecule is Cc1[nH]c(C(=O)Nc2nc3c(N4CCOCC4)cc(C(=O)O)cc3s2)cc1C#N. The van der Waals surface area contributed by atoms with Crippen LogP contribution in [-0.4, -0.2) is 53.3 Å². The number of amides is 1. The molecule has 10 heteroatoms. The molecule has 0 atom stereocenters. The summed E-state index contributed by atoms with van der Waals surface area (Å²) in [4.78, 5) is 33.5. The molecule has 0 saturated carbocycles. The normalized spacial score (nSPS) is 14.0. The van der Waals surface area contributed by atoms with Crippen LogP contribution >= 0.6 is 11.3 Å². The Balaban J connectivity index is 1.69. The Morgan fingerprint density at radius 2 is 2.10 bits per heavy atom. The molecule has 3 aromatic rings. The van der Waals surface area contributed by atoms with Crippen LogP contribution in [0.4, 0.5) is 10.8 Å². The molecule has 3 heterocycles. The summed E-state index contributed by atoms with van der Waals surface area (Å²) in [6.07, 6.45) is 0. The average molecular weight is 411 g/mol. The highest BCUT2D eigenvalue weighted by molar-refractivity contribution is 7.22. The van der Waals surface area contributed by atoms with E-state index >= 15 is 0 Å². The summed E-state index contributed by atoms with van der Waals surface area (Å²) < 4.78 is 6.05. The average Bonchev–Trinajstić information content (AvgIpc) is 3.30. The molecule has 0 radical (unpaired) electrons. The van der Waals surface area contributed by atoms with Crippen molar-refractivity contribution in [3.8, 4) is 6.07 Å². The number of morpholine rings is 1. The lowest BCUT2D eigenvalue weighted by Crippen LogP contribution is -2.36. The molecule has 29 heavy (non-hydrogen) atoms. The number of anilines is 2. The minimum Gasteiger partial charge on any atom is -0.478 e. The summed E-state index contributed by atoms with van der Waals surface area (Å²) >= 11 is 1.20. The van der Waals surface area contributed by atoms with Crippen molar-refractivity contribution in [2.75, 3.05) is 36.5 Å². The monoisotopic (exact) mass is 411 g/mol. The number of nitriles is 1. The smallest absolute Gasteiger partial charge is 0.335 e. The number of aromatic carboxylic acids is 1. The Bertz CT molecular complexity index is 1150. The highest BCUT2D eigenvalue weighted by Crippen LogP contribution is 2.35. The van der Waals surface area contributed by atoms with E-state index in [2.05, 4.69) is 15.3 Å². The number of aromatic nitrogens is 2. The van der Waals surface area contributed by atoms with E-state index in [1.54, 1.807) is 19.1 Å². The number of fused-ring (bicyclic) bond motifs is 1. The van der Waals surface area contributed by atoms with Gasteiger partial charge in [0.2, 0.25) is 0 Å². The summed E-state index contributed by atoms with van der Waals surface area (Å²) in [6.45, 7) is 4.10. The van der Waals surface area contributed by atoms with Crippen molar-refractivity contribution in [3.05, 3.63) is 40.7 Å². The van der Waals surface area contributed by atoms with Gasteiger partial charge in [-0.25, -0.2) is 9.78 Å². The van der Waals surface area contributed by atoms with Crippen LogP contribution in [0.2, 0.25) is 0 Å². The molecule has 1 fully saturated rings. The number of carboxylic acid groups (broad SMARTS) is 1. The Morgan fingerprint density at radius 1 is 1.34 bits per heavy atom. The van der Waals surface area contributed by atoms with Crippen molar-refractivity contribution in [2.45, 2.75) is 6.92 Å². The van der Waals surface area contributed by atoms with Gasteiger partial charge < -0.3 is 19.7 Å². The number of carboxylic acids is 1. The lowest BCUT2D eigenvalue weighted by atomic mass is 10.1. The molecular formula is C19H17N5O4S. The van der Waals surface area contributed by atoms with E-state index in [4.69, 9.17) is 10.00 Å². The number of H-pyrrole nitrogens is 1. The van der Waals surface area contributed by atoms with Gasteiger partial charge in [0.25, 0.3) is 5.91 Å². The van der Waals surface area contributed by atoms with Gasteiger partial charge >= 0.3 is 5.97 Å². The number of hydrogen-bond acceptors (Lipinski definition) is 7. The fourth-order valence-electron chi connectivity index (χ4n) is 3.19. The third-order valence-corrected chi connectivity index (χ3v) is 5.59. The molecule has 2 aromatic heterocycles. The van der Waals surface area contributed by atoms with Gasteiger partial charge in [-0.3, -0.25) is 10.1 Å². The molecule has 0 unspecified atom stereocenters. The Morgan fingerprint density at radius 3 is 2.76 bits per heavy atom. The number of carbonyl (C=O) groups is 2. The number of benzene rings is 1. The van der Waals surface area contributed by atoms with Crippen molar-refractivity contribution in [3.63, 3.8) is 0 Å². The third kappa shape index (κ3) is 3.65. The van der Waals surface area contributed by atoms with Gasteiger partial charge in [0.1, 0.15) is 17.3 Å². The maximum atomic E-state index is 12.5. The van der Waals surface area contributed by atoms with Crippen LogP contribution in [0.5, 0.6) is 0 Å². The topological polar surface area (TPSA) is 131 Å². The first kappa shape index (κ1) is 18.9. The van der Waals surface area contributed by atoms with Crippen molar-refractivity contribution in [1.82, 2.24) is 9.97 Å². The zero-order valence-corrected chi connectivity index (χ0v) is 16.3. The molecule has 0 aliphatic carbocycles. The van der Waals surface area contributed by atoms with Crippen LogP contribution in [0.25, 0.3) is 10.2 Å². The summed E-state index contributed by atoms with van der Waals surface area (Å²) in [5, 5.41) is 21.6. The van der Waals surface area contributed by atoms with Gasteiger partial charge in [-0.05, 0) is 25.1 Å². The van der Waals surface area contributed by atoms with Crippen LogP contribution < -0.4 is 10.2 Å². The predicted octanol–water partition coefficient (Wildman–Crippen LogP) is 2.59. The van der Waals surface area contributed by atoms with E-state index in [0.717, 1.165) is 0 Å². The number of rotatable bonds is 4. The zero-order valence-electron chi connectivity index (χ0n) is 15.5. The first-order chi connectivity index (χ1) is 14.0. The number of hydrogen-bond donors (Lipinski definition) is 3. The van der Waals surface area contributed by atoms with Crippen molar-refractivity contribution in [2.24, 2.45) is 0 Å². The van der Waals surface area contributed by atoms with Crippen LogP contribution in [0.3, 0.4) is 0 Å². The molecule has 0 spiro atoms. The molecule has 3 N–H and O–H groups in total. The molecule has 148 valence electrons. The molecule has 0 bridgehead atoms. The second-order valence-electron chi connectivity index (χ2n) is 6.55. The molecule has 1 saturated heterocycles. The van der Waals surface area contributed by atoms with E-state index in [-0.39, 0.29) is 11.3 Å². The van der Waals surface area contributed by atoms with E-state index in [1.165, 1.54) is 17.4 Å². The lowest BCUT2D eigenvalue weighted by molar-refractivity contribution is 0.0697. The number of thiazole rings is 1. The summed E-state index contributed by atoms with van der Waals surface area (Å²) in [7, 11) is 0. The van der Waals surface area contributed by atoms with Gasteiger partial charge in [-0.1, -0.05) is 11.3 Å². The highest BCUT2D eigenvalue weighted by atomic mass is 32.1.